The predicted octanol–water partition coefficient (Wildman–Crippen LogP) is 3.43. The first-order valence-corrected chi connectivity index (χ1v) is 9.09. The van der Waals surface area contributed by atoms with Gasteiger partial charge in [0.2, 0.25) is 0 Å². The molecular weight excluding hydrogens is 336 g/mol. The van der Waals surface area contributed by atoms with Crippen LogP contribution in [0.2, 0.25) is 0 Å². The number of nitrogens with one attached hydrogen (secondary N) is 2. The lowest BCUT2D eigenvalue weighted by molar-refractivity contribution is 0.601. The van der Waals surface area contributed by atoms with Crippen molar-refractivity contribution >= 4 is 26.9 Å². The molecular formula is C18H14N4O2S. The van der Waals surface area contributed by atoms with Crippen LogP contribution >= 0.6 is 0 Å². The fourth-order valence-electron chi connectivity index (χ4n) is 2.51. The highest BCUT2D eigenvalue weighted by atomic mass is 32.2. The second-order valence-corrected chi connectivity index (χ2v) is 7.13. The summed E-state index contributed by atoms with van der Waals surface area (Å²) in [5.74, 6) is 0.972. The van der Waals surface area contributed by atoms with Crippen LogP contribution in [0.25, 0.3) is 22.4 Å². The van der Waals surface area contributed by atoms with E-state index in [2.05, 4.69) is 19.7 Å². The van der Waals surface area contributed by atoms with E-state index in [1.165, 1.54) is 12.3 Å². The molecule has 6 nitrogen and oxygen atoms in total. The molecule has 0 spiro atoms. The third-order valence-electron chi connectivity index (χ3n) is 3.71. The third kappa shape index (κ3) is 3.09. The van der Waals surface area contributed by atoms with Gasteiger partial charge in [0.05, 0.1) is 15.9 Å². The molecule has 2 N–H and O–H groups in total. The van der Waals surface area contributed by atoms with Crippen LogP contribution in [0.3, 0.4) is 0 Å². The van der Waals surface area contributed by atoms with Crippen molar-refractivity contribution in [2.75, 3.05) is 4.72 Å². The van der Waals surface area contributed by atoms with Crippen LogP contribution in [-0.2, 0) is 10.0 Å². The molecule has 0 atom stereocenters. The van der Waals surface area contributed by atoms with Gasteiger partial charge in [-0.05, 0) is 30.3 Å². The van der Waals surface area contributed by atoms with Crippen molar-refractivity contribution in [1.82, 2.24) is 15.0 Å². The number of aromatic amines is 1. The molecule has 0 amide bonds. The van der Waals surface area contributed by atoms with Crippen molar-refractivity contribution in [3.63, 3.8) is 0 Å². The van der Waals surface area contributed by atoms with Gasteiger partial charge in [-0.25, -0.2) is 18.4 Å². The van der Waals surface area contributed by atoms with Gasteiger partial charge in [-0.15, -0.1) is 0 Å². The van der Waals surface area contributed by atoms with Crippen LogP contribution in [0.4, 0.5) is 5.82 Å². The Morgan fingerprint density at radius 2 is 1.72 bits per heavy atom. The molecule has 0 bridgehead atoms. The Morgan fingerprint density at radius 3 is 2.48 bits per heavy atom. The van der Waals surface area contributed by atoms with Gasteiger partial charge in [-0.2, -0.15) is 0 Å². The summed E-state index contributed by atoms with van der Waals surface area (Å²) in [6.07, 6.45) is 1.53. The van der Waals surface area contributed by atoms with Gasteiger partial charge in [-0.3, -0.25) is 4.72 Å². The summed E-state index contributed by atoms with van der Waals surface area (Å²) < 4.78 is 27.5. The van der Waals surface area contributed by atoms with Crippen LogP contribution < -0.4 is 4.72 Å². The predicted molar refractivity (Wildman–Crippen MR) is 96.6 cm³/mol. The molecule has 0 fully saturated rings. The topological polar surface area (TPSA) is 87.7 Å². The number of pyridine rings is 1. The Hall–Kier alpha value is -3.19. The average Bonchev–Trinajstić information content (AvgIpc) is 3.06. The number of anilines is 1. The van der Waals surface area contributed by atoms with Crippen molar-refractivity contribution in [3.05, 3.63) is 72.9 Å². The minimum atomic E-state index is -3.72. The Kier molecular flexibility index (Phi) is 3.70. The molecule has 4 aromatic rings. The highest BCUT2D eigenvalue weighted by molar-refractivity contribution is 7.92. The maximum atomic E-state index is 12.5. The monoisotopic (exact) mass is 350 g/mol. The van der Waals surface area contributed by atoms with Gasteiger partial charge in [0.15, 0.2) is 0 Å². The van der Waals surface area contributed by atoms with Crippen LogP contribution in [0.15, 0.2) is 77.8 Å². The van der Waals surface area contributed by atoms with E-state index in [0.29, 0.717) is 16.9 Å². The number of hydrogen-bond acceptors (Lipinski definition) is 4. The van der Waals surface area contributed by atoms with E-state index in [1.807, 2.05) is 30.3 Å². The quantitative estimate of drug-likeness (QED) is 0.590. The fraction of sp³-hybridized carbons (Fsp3) is 0. The van der Waals surface area contributed by atoms with Gasteiger partial charge in [-0.1, -0.05) is 36.4 Å². The summed E-state index contributed by atoms with van der Waals surface area (Å²) in [6.45, 7) is 0. The number of nitrogens with zero attached hydrogens (tertiary/aromatic N) is 2. The summed E-state index contributed by atoms with van der Waals surface area (Å²) in [6, 6.07) is 19.5. The summed E-state index contributed by atoms with van der Waals surface area (Å²) in [5.41, 5.74) is 2.30. The second-order valence-electron chi connectivity index (χ2n) is 5.45. The molecule has 7 heteroatoms. The largest absolute Gasteiger partial charge is 0.338 e. The number of fused-ring (bicyclic) bond motifs is 1. The number of hydrogen-bond donors (Lipinski definition) is 2. The van der Waals surface area contributed by atoms with Gasteiger partial charge in [0.1, 0.15) is 11.6 Å². The number of sulfonamides is 1. The minimum absolute atomic E-state index is 0.147. The van der Waals surface area contributed by atoms with Crippen LogP contribution in [0.1, 0.15) is 0 Å². The van der Waals surface area contributed by atoms with Crippen molar-refractivity contribution in [1.29, 1.82) is 0 Å². The number of imidazole rings is 1. The number of H-pyrrole nitrogens is 1. The van der Waals surface area contributed by atoms with Crippen LogP contribution in [0.5, 0.6) is 0 Å². The molecule has 2 aromatic heterocycles. The normalized spacial score (nSPS) is 11.5. The highest BCUT2D eigenvalue weighted by Crippen LogP contribution is 2.23. The Morgan fingerprint density at radius 1 is 0.920 bits per heavy atom. The summed E-state index contributed by atoms with van der Waals surface area (Å²) >= 11 is 0. The van der Waals surface area contributed by atoms with E-state index in [-0.39, 0.29) is 10.7 Å². The smallest absolute Gasteiger partial charge is 0.263 e. The molecule has 0 saturated heterocycles. The maximum Gasteiger partial charge on any atom is 0.263 e. The third-order valence-corrected chi connectivity index (χ3v) is 5.07. The Bertz CT molecular complexity index is 1120. The molecule has 0 aliphatic rings. The van der Waals surface area contributed by atoms with Crippen LogP contribution in [-0.4, -0.2) is 23.4 Å². The van der Waals surface area contributed by atoms with E-state index in [4.69, 9.17) is 0 Å². The molecule has 2 aromatic carbocycles. The van der Waals surface area contributed by atoms with E-state index in [0.717, 1.165) is 5.56 Å². The molecule has 2 heterocycles. The summed E-state index contributed by atoms with van der Waals surface area (Å²) in [4.78, 5) is 11.8. The SMILES string of the molecule is O=S(=O)(Nc1ccccn1)c1ccc2nc(-c3ccccc3)[nH]c2c1. The molecule has 0 aliphatic heterocycles. The highest BCUT2D eigenvalue weighted by Gasteiger charge is 2.16. The van der Waals surface area contributed by atoms with E-state index in [1.54, 1.807) is 30.3 Å². The van der Waals surface area contributed by atoms with E-state index in [9.17, 15) is 8.42 Å². The van der Waals surface area contributed by atoms with Crippen molar-refractivity contribution in [2.45, 2.75) is 4.90 Å². The molecule has 0 aliphatic carbocycles. The van der Waals surface area contributed by atoms with E-state index >= 15 is 0 Å². The molecule has 25 heavy (non-hydrogen) atoms. The van der Waals surface area contributed by atoms with Crippen LogP contribution in [0, 0.1) is 0 Å². The minimum Gasteiger partial charge on any atom is -0.338 e. The zero-order valence-corrected chi connectivity index (χ0v) is 13.9. The Balaban J connectivity index is 1.71. The molecule has 0 unspecified atom stereocenters. The number of benzene rings is 2. The van der Waals surface area contributed by atoms with Crippen molar-refractivity contribution in [2.24, 2.45) is 0 Å². The first kappa shape index (κ1) is 15.3. The molecule has 0 radical (unpaired) electrons. The Labute approximate surface area is 144 Å². The van der Waals surface area contributed by atoms with E-state index < -0.39 is 10.0 Å². The molecule has 0 saturated carbocycles. The maximum absolute atomic E-state index is 12.5. The average molecular weight is 350 g/mol. The number of aromatic nitrogens is 3. The summed E-state index contributed by atoms with van der Waals surface area (Å²) in [7, 11) is -3.72. The van der Waals surface area contributed by atoms with Gasteiger partial charge in [0, 0.05) is 11.8 Å². The first-order valence-electron chi connectivity index (χ1n) is 7.61. The number of rotatable bonds is 4. The van der Waals surface area contributed by atoms with Gasteiger partial charge < -0.3 is 4.98 Å². The lowest BCUT2D eigenvalue weighted by Crippen LogP contribution is -2.13. The lowest BCUT2D eigenvalue weighted by Gasteiger charge is -2.06. The second kappa shape index (κ2) is 6.03. The fourth-order valence-corrected chi connectivity index (χ4v) is 3.54. The lowest BCUT2D eigenvalue weighted by atomic mass is 10.2. The molecule has 124 valence electrons. The van der Waals surface area contributed by atoms with Crippen molar-refractivity contribution < 1.29 is 8.42 Å². The first-order chi connectivity index (χ1) is 12.1. The van der Waals surface area contributed by atoms with Crippen molar-refractivity contribution in [3.8, 4) is 11.4 Å². The zero-order chi connectivity index (χ0) is 17.3. The van der Waals surface area contributed by atoms with Gasteiger partial charge in [0.25, 0.3) is 10.0 Å². The summed E-state index contributed by atoms with van der Waals surface area (Å²) in [5, 5.41) is 0. The van der Waals surface area contributed by atoms with Gasteiger partial charge >= 0.3 is 0 Å². The molecule has 4 rings (SSSR count). The standard InChI is InChI=1S/C18H14N4O2S/c23-25(24,22-17-8-4-5-11-19-17)14-9-10-15-16(12-14)21-18(20-15)13-6-2-1-3-7-13/h1-12H,(H,19,22)(H,20,21). The zero-order valence-electron chi connectivity index (χ0n) is 13.0.